The first-order valence-corrected chi connectivity index (χ1v) is 12.1. The second-order valence-electron chi connectivity index (χ2n) is 9.80. The molecule has 8 nitrogen and oxygen atoms in total. The van der Waals surface area contributed by atoms with E-state index in [1.165, 1.54) is 0 Å². The molecule has 10 heteroatoms. The zero-order valence-electron chi connectivity index (χ0n) is 20.7. The number of hydrogen-bond donors (Lipinski definition) is 0. The Morgan fingerprint density at radius 3 is 2.54 bits per heavy atom. The van der Waals surface area contributed by atoms with Gasteiger partial charge >= 0.3 is 6.01 Å². The summed E-state index contributed by atoms with van der Waals surface area (Å²) in [6.07, 6.45) is 2.06. The van der Waals surface area contributed by atoms with E-state index in [1.807, 2.05) is 39.0 Å². The Balaban J connectivity index is 1.59. The van der Waals surface area contributed by atoms with Crippen LogP contribution in [0.1, 0.15) is 37.3 Å². The van der Waals surface area contributed by atoms with Crippen molar-refractivity contribution in [3.8, 4) is 11.8 Å². The molecule has 0 bridgehead atoms. The molecule has 1 unspecified atom stereocenters. The number of benzene rings is 1. The van der Waals surface area contributed by atoms with Crippen LogP contribution in [0.25, 0.3) is 16.7 Å². The Morgan fingerprint density at radius 1 is 1.09 bits per heavy atom. The van der Waals surface area contributed by atoms with Gasteiger partial charge in [0.15, 0.2) is 5.82 Å². The number of likely N-dealkylation sites (tertiary alicyclic amines) is 1. The van der Waals surface area contributed by atoms with Crippen LogP contribution in [0.15, 0.2) is 24.4 Å². The van der Waals surface area contributed by atoms with Crippen molar-refractivity contribution < 1.29 is 18.3 Å². The van der Waals surface area contributed by atoms with Crippen LogP contribution < -0.4 is 9.64 Å². The van der Waals surface area contributed by atoms with E-state index >= 15 is 8.78 Å². The van der Waals surface area contributed by atoms with Gasteiger partial charge in [0, 0.05) is 24.5 Å². The highest BCUT2D eigenvalue weighted by Gasteiger charge is 2.45. The number of alkyl halides is 2. The van der Waals surface area contributed by atoms with Crippen LogP contribution in [-0.4, -0.2) is 83.1 Å². The Bertz CT molecular complexity index is 1210. The molecule has 35 heavy (non-hydrogen) atoms. The number of ether oxygens (including phenoxy) is 2. The van der Waals surface area contributed by atoms with Crippen molar-refractivity contribution in [2.75, 3.05) is 51.3 Å². The van der Waals surface area contributed by atoms with Gasteiger partial charge in [0.1, 0.15) is 5.82 Å². The highest BCUT2D eigenvalue weighted by Crippen LogP contribution is 2.42. The maximum absolute atomic E-state index is 15.1. The minimum absolute atomic E-state index is 0.0990. The van der Waals surface area contributed by atoms with Gasteiger partial charge in [-0.25, -0.2) is 13.5 Å². The van der Waals surface area contributed by atoms with Gasteiger partial charge in [0.05, 0.1) is 43.5 Å². The smallest absolute Gasteiger partial charge is 0.320 e. The molecule has 2 fully saturated rings. The maximum Gasteiger partial charge on any atom is 0.320 e. The molecular formula is C25H32F2N6O2. The fourth-order valence-corrected chi connectivity index (χ4v) is 4.98. The lowest BCUT2D eigenvalue weighted by Gasteiger charge is -2.37. The van der Waals surface area contributed by atoms with Crippen molar-refractivity contribution >= 4 is 16.7 Å². The summed E-state index contributed by atoms with van der Waals surface area (Å²) < 4.78 is 43.1. The van der Waals surface area contributed by atoms with E-state index in [9.17, 15) is 0 Å². The van der Waals surface area contributed by atoms with Crippen LogP contribution in [0.2, 0.25) is 0 Å². The van der Waals surface area contributed by atoms with Crippen molar-refractivity contribution in [1.29, 1.82) is 0 Å². The third-order valence-electron chi connectivity index (χ3n) is 6.69. The SMILES string of the molecule is Cc1cc2cnn(-c3cc(N4CCOCC4)nc(OC(C)C)n3)c2cc1C1CCN(C)CC1(F)F. The number of nitrogens with zero attached hydrogens (tertiary/aromatic N) is 6. The average molecular weight is 487 g/mol. The van der Waals surface area contributed by atoms with Gasteiger partial charge in [0.2, 0.25) is 0 Å². The van der Waals surface area contributed by atoms with Gasteiger partial charge < -0.3 is 19.3 Å². The van der Waals surface area contributed by atoms with Crippen LogP contribution in [0, 0.1) is 6.92 Å². The Hall–Kier alpha value is -2.85. The van der Waals surface area contributed by atoms with Crippen LogP contribution in [0.4, 0.5) is 14.6 Å². The van der Waals surface area contributed by atoms with Crippen LogP contribution in [0.5, 0.6) is 6.01 Å². The predicted molar refractivity (Wildman–Crippen MR) is 130 cm³/mol. The zero-order valence-corrected chi connectivity index (χ0v) is 20.7. The molecule has 1 aromatic carbocycles. The highest BCUT2D eigenvalue weighted by molar-refractivity contribution is 5.82. The number of anilines is 1. The molecule has 2 aromatic heterocycles. The Kier molecular flexibility index (Phi) is 6.35. The standard InChI is InChI=1S/C25H32F2N6O2/c1-16(2)35-24-29-22(32-7-9-34-10-8-32)13-23(30-24)33-21-12-19(17(3)11-18(21)14-28-33)20-5-6-31(4)15-25(20,26)27/h11-14,16,20H,5-10,15H2,1-4H3. The molecule has 4 heterocycles. The zero-order chi connectivity index (χ0) is 24.7. The van der Waals surface area contributed by atoms with E-state index in [1.54, 1.807) is 22.8 Å². The number of aryl methyl sites for hydroxylation is 1. The fourth-order valence-electron chi connectivity index (χ4n) is 4.98. The van der Waals surface area contributed by atoms with Gasteiger partial charge in [-0.05, 0) is 64.0 Å². The molecule has 0 aliphatic carbocycles. The second kappa shape index (κ2) is 9.31. The van der Waals surface area contributed by atoms with E-state index in [-0.39, 0.29) is 18.7 Å². The molecular weight excluding hydrogens is 454 g/mol. The number of rotatable bonds is 5. The second-order valence-corrected chi connectivity index (χ2v) is 9.80. The molecule has 0 amide bonds. The predicted octanol–water partition coefficient (Wildman–Crippen LogP) is 3.80. The molecule has 0 radical (unpaired) electrons. The summed E-state index contributed by atoms with van der Waals surface area (Å²) >= 11 is 0. The molecule has 0 N–H and O–H groups in total. The topological polar surface area (TPSA) is 68.5 Å². The summed E-state index contributed by atoms with van der Waals surface area (Å²) in [6.45, 7) is 8.82. The lowest BCUT2D eigenvalue weighted by molar-refractivity contribution is -0.0766. The molecule has 3 aromatic rings. The first-order valence-electron chi connectivity index (χ1n) is 12.1. The minimum atomic E-state index is -2.80. The number of hydrogen-bond acceptors (Lipinski definition) is 7. The van der Waals surface area contributed by atoms with Crippen molar-refractivity contribution in [2.24, 2.45) is 0 Å². The van der Waals surface area contributed by atoms with Crippen molar-refractivity contribution in [3.05, 3.63) is 35.5 Å². The Labute approximate surface area is 203 Å². The van der Waals surface area contributed by atoms with Crippen molar-refractivity contribution in [3.63, 3.8) is 0 Å². The number of fused-ring (bicyclic) bond motifs is 1. The van der Waals surface area contributed by atoms with E-state index in [4.69, 9.17) is 9.47 Å². The molecule has 188 valence electrons. The van der Waals surface area contributed by atoms with Gasteiger partial charge in [0.25, 0.3) is 5.92 Å². The lowest BCUT2D eigenvalue weighted by Crippen LogP contribution is -2.45. The molecule has 1 atom stereocenters. The molecule has 2 aliphatic rings. The number of aromatic nitrogens is 4. The van der Waals surface area contributed by atoms with E-state index in [2.05, 4.69) is 20.0 Å². The summed E-state index contributed by atoms with van der Waals surface area (Å²) in [5.41, 5.74) is 2.26. The van der Waals surface area contributed by atoms with Crippen LogP contribution in [-0.2, 0) is 4.74 Å². The normalized spacial score (nSPS) is 21.1. The fraction of sp³-hybridized carbons (Fsp3) is 0.560. The van der Waals surface area contributed by atoms with E-state index in [0.717, 1.165) is 22.3 Å². The quantitative estimate of drug-likeness (QED) is 0.543. The third-order valence-corrected chi connectivity index (χ3v) is 6.69. The van der Waals surface area contributed by atoms with Crippen molar-refractivity contribution in [2.45, 2.75) is 45.1 Å². The summed E-state index contributed by atoms with van der Waals surface area (Å²) in [6, 6.07) is 5.94. The summed E-state index contributed by atoms with van der Waals surface area (Å²) in [5.74, 6) is -2.36. The summed E-state index contributed by atoms with van der Waals surface area (Å²) in [4.78, 5) is 13.0. The number of morpholine rings is 1. The number of piperidine rings is 1. The molecule has 0 saturated carbocycles. The molecule has 2 saturated heterocycles. The highest BCUT2D eigenvalue weighted by atomic mass is 19.3. The Morgan fingerprint density at radius 2 is 1.83 bits per heavy atom. The monoisotopic (exact) mass is 486 g/mol. The summed E-state index contributed by atoms with van der Waals surface area (Å²) in [5, 5.41) is 5.46. The summed E-state index contributed by atoms with van der Waals surface area (Å²) in [7, 11) is 1.74. The molecule has 0 spiro atoms. The molecule has 2 aliphatic heterocycles. The molecule has 5 rings (SSSR count). The van der Waals surface area contributed by atoms with Gasteiger partial charge in [-0.1, -0.05) is 0 Å². The van der Waals surface area contributed by atoms with Gasteiger partial charge in [-0.3, -0.25) is 0 Å². The van der Waals surface area contributed by atoms with Crippen LogP contribution >= 0.6 is 0 Å². The average Bonchev–Trinajstić information content (AvgIpc) is 3.21. The maximum atomic E-state index is 15.1. The largest absolute Gasteiger partial charge is 0.461 e. The third kappa shape index (κ3) is 4.81. The lowest BCUT2D eigenvalue weighted by atomic mass is 9.83. The van der Waals surface area contributed by atoms with Crippen LogP contribution in [0.3, 0.4) is 0 Å². The van der Waals surface area contributed by atoms with Crippen molar-refractivity contribution in [1.82, 2.24) is 24.6 Å². The number of halogens is 2. The first kappa shape index (κ1) is 23.9. The van der Waals surface area contributed by atoms with Gasteiger partial charge in [-0.15, -0.1) is 0 Å². The first-order chi connectivity index (χ1) is 16.7. The van der Waals surface area contributed by atoms with E-state index in [0.29, 0.717) is 50.7 Å². The van der Waals surface area contributed by atoms with Gasteiger partial charge in [-0.2, -0.15) is 15.1 Å². The minimum Gasteiger partial charge on any atom is -0.461 e. The van der Waals surface area contributed by atoms with E-state index < -0.39 is 11.8 Å².